The number of nitrogens with zero attached hydrogens (tertiary/aromatic N) is 6. The maximum Gasteiger partial charge on any atom is 0.196 e. The third-order valence-corrected chi connectivity index (χ3v) is 5.34. The van der Waals surface area contributed by atoms with Gasteiger partial charge in [-0.15, -0.1) is 10.2 Å². The van der Waals surface area contributed by atoms with Crippen LogP contribution in [-0.2, 0) is 0 Å². The van der Waals surface area contributed by atoms with Crippen molar-refractivity contribution in [1.82, 2.24) is 35.1 Å². The fourth-order valence-electron chi connectivity index (χ4n) is 3.88. The highest BCUT2D eigenvalue weighted by Crippen LogP contribution is 2.29. The van der Waals surface area contributed by atoms with Crippen molar-refractivity contribution in [2.75, 3.05) is 19.7 Å². The minimum Gasteiger partial charge on any atom is -0.490 e. The Bertz CT molecular complexity index is 1230. The highest BCUT2D eigenvalue weighted by Gasteiger charge is 2.20. The van der Waals surface area contributed by atoms with Crippen LogP contribution < -0.4 is 10.1 Å². The minimum absolute atomic E-state index is 0.213. The summed E-state index contributed by atoms with van der Waals surface area (Å²) in [6.07, 6.45) is 3.67. The number of aryl methyl sites for hydroxylation is 1. The molecule has 154 valence electrons. The van der Waals surface area contributed by atoms with E-state index in [9.17, 15) is 0 Å². The normalized spacial score (nSPS) is 15.2. The molecule has 1 fully saturated rings. The minimum atomic E-state index is -0.436. The maximum absolute atomic E-state index is 15.0. The lowest BCUT2D eigenvalue weighted by Crippen LogP contribution is -2.27. The molecule has 0 unspecified atom stereocenters. The van der Waals surface area contributed by atoms with Crippen molar-refractivity contribution in [3.8, 4) is 17.0 Å². The number of ether oxygens (including phenoxy) is 1. The van der Waals surface area contributed by atoms with Gasteiger partial charge in [-0.25, -0.2) is 18.9 Å². The number of rotatable bonds is 4. The van der Waals surface area contributed by atoms with Crippen molar-refractivity contribution in [3.63, 3.8) is 0 Å². The summed E-state index contributed by atoms with van der Waals surface area (Å²) in [6.45, 7) is 6.12. The zero-order chi connectivity index (χ0) is 20.7. The van der Waals surface area contributed by atoms with E-state index in [0.29, 0.717) is 40.6 Å². The largest absolute Gasteiger partial charge is 0.490 e. The molecule has 0 aliphatic carbocycles. The predicted molar refractivity (Wildman–Crippen MR) is 110 cm³/mol. The summed E-state index contributed by atoms with van der Waals surface area (Å²) < 4.78 is 22.4. The lowest BCUT2D eigenvalue weighted by atomic mass is 9.97. The lowest BCUT2D eigenvalue weighted by Gasteiger charge is -2.20. The monoisotopic (exact) mass is 407 g/mol. The Morgan fingerprint density at radius 1 is 1.17 bits per heavy atom. The van der Waals surface area contributed by atoms with Gasteiger partial charge >= 0.3 is 0 Å². The van der Waals surface area contributed by atoms with Crippen LogP contribution in [0, 0.1) is 12.7 Å². The summed E-state index contributed by atoms with van der Waals surface area (Å²) in [5, 5.41) is 16.5. The van der Waals surface area contributed by atoms with Gasteiger partial charge in [0.1, 0.15) is 11.0 Å². The molecule has 0 bridgehead atoms. The molecule has 9 heteroatoms. The van der Waals surface area contributed by atoms with Crippen LogP contribution in [0.15, 0.2) is 24.4 Å². The van der Waals surface area contributed by atoms with E-state index in [4.69, 9.17) is 4.74 Å². The van der Waals surface area contributed by atoms with Gasteiger partial charge in [-0.3, -0.25) is 0 Å². The van der Waals surface area contributed by atoms with Gasteiger partial charge in [0.2, 0.25) is 0 Å². The molecule has 3 aromatic heterocycles. The molecule has 0 atom stereocenters. The van der Waals surface area contributed by atoms with Gasteiger partial charge in [-0.1, -0.05) is 0 Å². The van der Waals surface area contributed by atoms with Crippen molar-refractivity contribution < 1.29 is 9.13 Å². The Morgan fingerprint density at radius 3 is 2.80 bits per heavy atom. The van der Waals surface area contributed by atoms with Crippen LogP contribution in [0.5, 0.6) is 5.75 Å². The summed E-state index contributed by atoms with van der Waals surface area (Å²) in [6, 6.07) is 4.98. The van der Waals surface area contributed by atoms with E-state index in [1.54, 1.807) is 16.6 Å². The van der Waals surface area contributed by atoms with Gasteiger partial charge in [-0.2, -0.15) is 5.10 Å². The number of aromatic nitrogens is 6. The van der Waals surface area contributed by atoms with E-state index in [2.05, 4.69) is 30.6 Å². The van der Waals surface area contributed by atoms with Gasteiger partial charge in [-0.05, 0) is 51.9 Å². The molecule has 1 aliphatic heterocycles. The Labute approximate surface area is 172 Å². The summed E-state index contributed by atoms with van der Waals surface area (Å²) in [7, 11) is 0. The Morgan fingerprint density at radius 2 is 2.00 bits per heavy atom. The van der Waals surface area contributed by atoms with Crippen molar-refractivity contribution in [1.29, 1.82) is 0 Å². The Kier molecular flexibility index (Phi) is 4.74. The van der Waals surface area contributed by atoms with Crippen molar-refractivity contribution in [2.24, 2.45) is 0 Å². The van der Waals surface area contributed by atoms with Gasteiger partial charge < -0.3 is 10.1 Å². The molecule has 1 aromatic carbocycles. The average Bonchev–Trinajstić information content (AvgIpc) is 3.15. The zero-order valence-electron chi connectivity index (χ0n) is 16.9. The third-order valence-electron chi connectivity index (χ3n) is 5.34. The van der Waals surface area contributed by atoms with Crippen LogP contribution in [0.25, 0.3) is 27.9 Å². The van der Waals surface area contributed by atoms with Crippen molar-refractivity contribution >= 4 is 16.7 Å². The first-order valence-corrected chi connectivity index (χ1v) is 10.2. The first kappa shape index (κ1) is 18.8. The molecule has 8 nitrogen and oxygen atoms in total. The number of imidazole rings is 1. The SMILES string of the molecule is CCOc1cc(-c2cc(F)c3nc(C4CCNCC4)nnc3c2)nn2cc(C)nc12. The highest BCUT2D eigenvalue weighted by molar-refractivity contribution is 5.81. The van der Waals surface area contributed by atoms with E-state index in [1.165, 1.54) is 6.07 Å². The fraction of sp³-hybridized carbons (Fsp3) is 0.381. The van der Waals surface area contributed by atoms with Gasteiger partial charge in [0, 0.05) is 17.5 Å². The van der Waals surface area contributed by atoms with E-state index in [1.807, 2.05) is 20.0 Å². The van der Waals surface area contributed by atoms with E-state index >= 15 is 4.39 Å². The van der Waals surface area contributed by atoms with Crippen LogP contribution in [0.3, 0.4) is 0 Å². The van der Waals surface area contributed by atoms with Crippen LogP contribution in [0.2, 0.25) is 0 Å². The summed E-state index contributed by atoms with van der Waals surface area (Å²) in [4.78, 5) is 8.95. The quantitative estimate of drug-likeness (QED) is 0.556. The molecule has 1 saturated heterocycles. The second kappa shape index (κ2) is 7.56. The standard InChI is InChI=1S/C21H22FN7O/c1-3-30-18-10-16(28-29-11-12(2)24-21(18)29)14-8-15(22)19-17(9-14)26-27-20(25-19)13-4-6-23-7-5-13/h8-11,13,23H,3-7H2,1-2H3. The Balaban J connectivity index is 1.59. The molecule has 30 heavy (non-hydrogen) atoms. The second-order valence-corrected chi connectivity index (χ2v) is 7.50. The van der Waals surface area contributed by atoms with Gasteiger partial charge in [0.05, 0.1) is 24.2 Å². The molecule has 5 rings (SSSR count). The van der Waals surface area contributed by atoms with E-state index in [-0.39, 0.29) is 11.4 Å². The maximum atomic E-state index is 15.0. The van der Waals surface area contributed by atoms with E-state index in [0.717, 1.165) is 31.6 Å². The number of fused-ring (bicyclic) bond motifs is 2. The van der Waals surface area contributed by atoms with Gasteiger partial charge in [0.25, 0.3) is 0 Å². The van der Waals surface area contributed by atoms with Crippen molar-refractivity contribution in [2.45, 2.75) is 32.6 Å². The molecule has 0 saturated carbocycles. The number of benzene rings is 1. The highest BCUT2D eigenvalue weighted by atomic mass is 19.1. The fourth-order valence-corrected chi connectivity index (χ4v) is 3.88. The molecular weight excluding hydrogens is 385 g/mol. The Hall–Kier alpha value is -3.20. The summed E-state index contributed by atoms with van der Waals surface area (Å²) in [5.74, 6) is 0.989. The van der Waals surface area contributed by atoms with Crippen LogP contribution in [0.4, 0.5) is 4.39 Å². The van der Waals surface area contributed by atoms with E-state index < -0.39 is 5.82 Å². The van der Waals surface area contributed by atoms with Gasteiger partial charge in [0.15, 0.2) is 23.0 Å². The number of hydrogen-bond donors (Lipinski definition) is 1. The smallest absolute Gasteiger partial charge is 0.196 e. The summed E-state index contributed by atoms with van der Waals surface area (Å²) in [5.41, 5.74) is 3.25. The number of halogens is 1. The molecule has 0 radical (unpaired) electrons. The van der Waals surface area contributed by atoms with Crippen LogP contribution >= 0.6 is 0 Å². The predicted octanol–water partition coefficient (Wildman–Crippen LogP) is 3.05. The number of nitrogens with one attached hydrogen (secondary N) is 1. The topological polar surface area (TPSA) is 90.1 Å². The molecule has 1 N–H and O–H groups in total. The third kappa shape index (κ3) is 3.35. The molecular formula is C21H22FN7O. The first-order valence-electron chi connectivity index (χ1n) is 10.2. The number of hydrogen-bond acceptors (Lipinski definition) is 7. The van der Waals surface area contributed by atoms with Crippen molar-refractivity contribution in [3.05, 3.63) is 41.7 Å². The number of piperidine rings is 1. The van der Waals surface area contributed by atoms with Crippen LogP contribution in [0.1, 0.15) is 37.2 Å². The molecule has 0 spiro atoms. The summed E-state index contributed by atoms with van der Waals surface area (Å²) >= 11 is 0. The van der Waals surface area contributed by atoms with Crippen LogP contribution in [-0.4, -0.2) is 49.5 Å². The second-order valence-electron chi connectivity index (χ2n) is 7.50. The molecule has 4 heterocycles. The lowest BCUT2D eigenvalue weighted by molar-refractivity contribution is 0.341. The molecule has 1 aliphatic rings. The molecule has 4 aromatic rings. The zero-order valence-corrected chi connectivity index (χ0v) is 16.9. The average molecular weight is 407 g/mol. The first-order chi connectivity index (χ1) is 14.6. The molecule has 0 amide bonds.